The van der Waals surface area contributed by atoms with E-state index in [1.165, 1.54) is 24.0 Å². The summed E-state index contributed by atoms with van der Waals surface area (Å²) < 4.78 is 7.87. The highest BCUT2D eigenvalue weighted by molar-refractivity contribution is 9.11. The molecular formula is C22H31Br2N5O. The lowest BCUT2D eigenvalue weighted by atomic mass is 9.79. The van der Waals surface area contributed by atoms with Crippen LogP contribution in [-0.2, 0) is 6.54 Å². The van der Waals surface area contributed by atoms with E-state index in [0.29, 0.717) is 24.4 Å². The van der Waals surface area contributed by atoms with Crippen LogP contribution in [0.2, 0.25) is 0 Å². The van der Waals surface area contributed by atoms with Crippen molar-refractivity contribution in [2.45, 2.75) is 45.1 Å². The molecule has 1 saturated carbocycles. The van der Waals surface area contributed by atoms with Crippen LogP contribution >= 0.6 is 31.9 Å². The van der Waals surface area contributed by atoms with Gasteiger partial charge in [0, 0.05) is 42.4 Å². The highest BCUT2D eigenvalue weighted by Crippen LogP contribution is 2.39. The van der Waals surface area contributed by atoms with Gasteiger partial charge in [0.1, 0.15) is 11.6 Å². The maximum atomic E-state index is 5.83. The van der Waals surface area contributed by atoms with Crippen molar-refractivity contribution >= 4 is 43.6 Å². The summed E-state index contributed by atoms with van der Waals surface area (Å²) in [6.45, 7) is 4.48. The van der Waals surface area contributed by atoms with E-state index < -0.39 is 0 Å². The number of rotatable bonds is 8. The Bertz CT molecular complexity index is 854. The van der Waals surface area contributed by atoms with Crippen LogP contribution in [0.25, 0.3) is 0 Å². The van der Waals surface area contributed by atoms with Crippen molar-refractivity contribution in [2.75, 3.05) is 37.9 Å². The molecule has 0 spiro atoms. The van der Waals surface area contributed by atoms with Gasteiger partial charge in [-0.3, -0.25) is 0 Å². The number of ether oxygens (including phenoxy) is 1. The molecule has 0 amide bonds. The van der Waals surface area contributed by atoms with Crippen molar-refractivity contribution in [3.05, 3.63) is 38.4 Å². The number of anilines is 2. The van der Waals surface area contributed by atoms with Gasteiger partial charge in [-0.2, -0.15) is 4.98 Å². The van der Waals surface area contributed by atoms with Crippen LogP contribution in [0.15, 0.2) is 27.3 Å². The number of nitrogens with one attached hydrogen (secondary N) is 1. The van der Waals surface area contributed by atoms with Crippen LogP contribution in [0.3, 0.4) is 0 Å². The van der Waals surface area contributed by atoms with Crippen molar-refractivity contribution in [3.63, 3.8) is 0 Å². The van der Waals surface area contributed by atoms with Crippen LogP contribution in [0.4, 0.5) is 11.8 Å². The van der Waals surface area contributed by atoms with Gasteiger partial charge in [-0.05, 0) is 79.1 Å². The molecule has 0 bridgehead atoms. The Balaban J connectivity index is 1.54. The maximum Gasteiger partial charge on any atom is 0.221 e. The molecule has 30 heavy (non-hydrogen) atoms. The van der Waals surface area contributed by atoms with Gasteiger partial charge in [-0.15, -0.1) is 0 Å². The predicted octanol–water partition coefficient (Wildman–Crippen LogP) is 5.11. The number of hydrogen-bond acceptors (Lipinski definition) is 6. The van der Waals surface area contributed by atoms with E-state index in [0.717, 1.165) is 46.4 Å². The average Bonchev–Trinajstić information content (AvgIpc) is 2.71. The number of nitrogens with two attached hydrogens (primary N) is 1. The lowest BCUT2D eigenvalue weighted by Gasteiger charge is -2.30. The second-order valence-corrected chi connectivity index (χ2v) is 9.83. The molecule has 1 heterocycles. The minimum atomic E-state index is 0.339. The zero-order valence-corrected chi connectivity index (χ0v) is 21.1. The zero-order valence-electron chi connectivity index (χ0n) is 17.9. The predicted molar refractivity (Wildman–Crippen MR) is 130 cm³/mol. The minimum absolute atomic E-state index is 0.339. The number of nitrogens with zero attached hydrogens (tertiary/aromatic N) is 3. The van der Waals surface area contributed by atoms with Crippen LogP contribution in [0.1, 0.15) is 49.7 Å². The third-order valence-corrected chi connectivity index (χ3v) is 6.69. The first-order valence-electron chi connectivity index (χ1n) is 10.5. The highest BCUT2D eigenvalue weighted by atomic mass is 79.9. The molecule has 1 aliphatic rings. The van der Waals surface area contributed by atoms with Gasteiger partial charge in [0.05, 0.1) is 11.1 Å². The molecule has 3 N–H and O–H groups in total. The molecule has 1 aromatic heterocycles. The second kappa shape index (κ2) is 10.8. The maximum absolute atomic E-state index is 5.83. The Morgan fingerprint density at radius 3 is 2.60 bits per heavy atom. The first-order valence-corrected chi connectivity index (χ1v) is 12.1. The Hall–Kier alpha value is -1.38. The molecule has 0 aliphatic heterocycles. The Labute approximate surface area is 196 Å². The standard InChI is InChI=1S/C22H31Br2N5O/c1-4-30-20-16(9-17(23)10-19(20)24)12-26-11-14-5-7-15(8-6-14)18-13-27-22(25)28-21(18)29(2)3/h9-10,13-15,26H,4-8,11-12H2,1-3H3,(H2,25,27,28). The third-order valence-electron chi connectivity index (χ3n) is 5.65. The van der Waals surface area contributed by atoms with Gasteiger partial charge < -0.3 is 20.7 Å². The van der Waals surface area contributed by atoms with Crippen molar-refractivity contribution in [3.8, 4) is 5.75 Å². The topological polar surface area (TPSA) is 76.3 Å². The van der Waals surface area contributed by atoms with E-state index in [1.54, 1.807) is 0 Å². The van der Waals surface area contributed by atoms with Crippen molar-refractivity contribution in [1.82, 2.24) is 15.3 Å². The number of halogens is 2. The van der Waals surface area contributed by atoms with Crippen molar-refractivity contribution in [2.24, 2.45) is 5.92 Å². The van der Waals surface area contributed by atoms with Gasteiger partial charge in [-0.1, -0.05) is 15.9 Å². The summed E-state index contributed by atoms with van der Waals surface area (Å²) in [6, 6.07) is 4.15. The van der Waals surface area contributed by atoms with E-state index >= 15 is 0 Å². The zero-order chi connectivity index (χ0) is 21.7. The number of nitrogen functional groups attached to an aromatic ring is 1. The summed E-state index contributed by atoms with van der Waals surface area (Å²) in [5.74, 6) is 3.41. The monoisotopic (exact) mass is 539 g/mol. The molecule has 0 radical (unpaired) electrons. The summed E-state index contributed by atoms with van der Waals surface area (Å²) in [5.41, 5.74) is 8.19. The smallest absolute Gasteiger partial charge is 0.221 e. The third kappa shape index (κ3) is 5.86. The minimum Gasteiger partial charge on any atom is -0.492 e. The van der Waals surface area contributed by atoms with E-state index in [1.807, 2.05) is 38.2 Å². The summed E-state index contributed by atoms with van der Waals surface area (Å²) in [6.07, 6.45) is 6.65. The van der Waals surface area contributed by atoms with E-state index in [9.17, 15) is 0 Å². The highest BCUT2D eigenvalue weighted by Gasteiger charge is 2.25. The van der Waals surface area contributed by atoms with E-state index in [-0.39, 0.29) is 0 Å². The van der Waals surface area contributed by atoms with E-state index in [2.05, 4.69) is 53.2 Å². The summed E-state index contributed by atoms with van der Waals surface area (Å²) in [4.78, 5) is 10.7. The fraction of sp³-hybridized carbons (Fsp3) is 0.545. The molecule has 8 heteroatoms. The molecule has 0 saturated heterocycles. The normalized spacial score (nSPS) is 19.0. The van der Waals surface area contributed by atoms with Crippen molar-refractivity contribution < 1.29 is 4.74 Å². The Kier molecular flexibility index (Phi) is 8.36. The molecule has 164 valence electrons. The number of benzene rings is 1. The molecule has 1 aromatic carbocycles. The largest absolute Gasteiger partial charge is 0.492 e. The van der Waals surface area contributed by atoms with Gasteiger partial charge >= 0.3 is 0 Å². The molecule has 1 aliphatic carbocycles. The quantitative estimate of drug-likeness (QED) is 0.484. The van der Waals surface area contributed by atoms with Gasteiger partial charge in [-0.25, -0.2) is 4.98 Å². The molecule has 6 nitrogen and oxygen atoms in total. The SMILES string of the molecule is CCOc1c(Br)cc(Br)cc1CNCC1CCC(c2cnc(N)nc2N(C)C)CC1. The fourth-order valence-electron chi connectivity index (χ4n) is 4.18. The Morgan fingerprint density at radius 2 is 1.93 bits per heavy atom. The van der Waals surface area contributed by atoms with Crippen LogP contribution in [-0.4, -0.2) is 37.2 Å². The van der Waals surface area contributed by atoms with Crippen LogP contribution in [0, 0.1) is 5.92 Å². The van der Waals surface area contributed by atoms with Gasteiger partial charge in [0.15, 0.2) is 0 Å². The van der Waals surface area contributed by atoms with Crippen molar-refractivity contribution in [1.29, 1.82) is 0 Å². The second-order valence-electron chi connectivity index (χ2n) is 8.06. The first kappa shape index (κ1) is 23.3. The lowest BCUT2D eigenvalue weighted by molar-refractivity contribution is 0.310. The average molecular weight is 541 g/mol. The van der Waals surface area contributed by atoms with Gasteiger partial charge in [0.25, 0.3) is 0 Å². The lowest BCUT2D eigenvalue weighted by Crippen LogP contribution is -2.27. The van der Waals surface area contributed by atoms with Crippen LogP contribution < -0.4 is 20.7 Å². The molecule has 1 fully saturated rings. The summed E-state index contributed by atoms with van der Waals surface area (Å²) in [7, 11) is 4.02. The van der Waals surface area contributed by atoms with Crippen LogP contribution in [0.5, 0.6) is 5.75 Å². The van der Waals surface area contributed by atoms with Gasteiger partial charge in [0.2, 0.25) is 5.95 Å². The number of aromatic nitrogens is 2. The summed E-state index contributed by atoms with van der Waals surface area (Å²) in [5, 5.41) is 3.65. The molecule has 0 unspecified atom stereocenters. The molecule has 3 rings (SSSR count). The molecule has 2 aromatic rings. The Morgan fingerprint density at radius 1 is 1.20 bits per heavy atom. The fourth-order valence-corrected chi connectivity index (χ4v) is 5.61. The molecule has 0 atom stereocenters. The first-order chi connectivity index (χ1) is 14.4. The summed E-state index contributed by atoms with van der Waals surface area (Å²) >= 11 is 7.19. The molecular weight excluding hydrogens is 510 g/mol. The van der Waals surface area contributed by atoms with E-state index in [4.69, 9.17) is 10.5 Å². The number of hydrogen-bond donors (Lipinski definition) is 2.